The van der Waals surface area contributed by atoms with Crippen LogP contribution < -0.4 is 9.88 Å². The molecule has 3 rings (SSSR count). The van der Waals surface area contributed by atoms with Crippen LogP contribution in [0.25, 0.3) is 0 Å². The van der Waals surface area contributed by atoms with Crippen molar-refractivity contribution >= 4 is 29.2 Å². The minimum Gasteiger partial charge on any atom is -0.480 e. The first-order valence-electron chi connectivity index (χ1n) is 7.06. The second kappa shape index (κ2) is 6.11. The Kier molecular flexibility index (Phi) is 4.33. The van der Waals surface area contributed by atoms with Gasteiger partial charge in [0.2, 0.25) is 10.0 Å². The first-order valence-corrected chi connectivity index (χ1v) is 10.4. The van der Waals surface area contributed by atoms with Crippen LogP contribution in [0.15, 0.2) is 41.3 Å². The Labute approximate surface area is 147 Å². The number of primary sulfonamides is 1. The fraction of sp³-hybridized carbons (Fsp3) is 0.0667. The Morgan fingerprint density at radius 3 is 2.08 bits per heavy atom. The summed E-state index contributed by atoms with van der Waals surface area (Å²) in [4.78, 5) is 43.0. The molecule has 0 atom stereocenters. The van der Waals surface area contributed by atoms with Crippen molar-refractivity contribution in [2.75, 3.05) is 6.35 Å². The Morgan fingerprint density at radius 2 is 1.50 bits per heavy atom. The maximum absolute atomic E-state index is 12.8. The molecule has 0 amide bonds. The third-order valence-corrected chi connectivity index (χ3v) is 5.11. The van der Waals surface area contributed by atoms with Gasteiger partial charge in [-0.25, -0.2) is 13.6 Å². The van der Waals surface area contributed by atoms with Gasteiger partial charge in [-0.3, -0.25) is 14.2 Å². The number of benzene rings is 2. The number of rotatable bonds is 4. The zero-order valence-corrected chi connectivity index (χ0v) is 14.7. The van der Waals surface area contributed by atoms with Crippen LogP contribution in [0.3, 0.4) is 0 Å². The molecule has 4 N–H and O–H groups in total. The summed E-state index contributed by atoms with van der Waals surface area (Å²) in [5, 5.41) is 5.13. The molecule has 2 aromatic carbocycles. The predicted octanol–water partition coefficient (Wildman–Crippen LogP) is 0.623. The van der Waals surface area contributed by atoms with E-state index in [-0.39, 0.29) is 28.0 Å². The van der Waals surface area contributed by atoms with E-state index in [2.05, 4.69) is 0 Å². The van der Waals surface area contributed by atoms with E-state index < -0.39 is 40.4 Å². The molecule has 0 saturated heterocycles. The normalized spacial score (nSPS) is 14.0. The summed E-state index contributed by atoms with van der Waals surface area (Å²) in [6, 6.07) is 7.60. The number of nitrogens with two attached hydrogens (primary N) is 1. The summed E-state index contributed by atoms with van der Waals surface area (Å²) in [5.74, 6) is -1.64. The van der Waals surface area contributed by atoms with Crippen LogP contribution in [0.1, 0.15) is 31.8 Å². The highest BCUT2D eigenvalue weighted by molar-refractivity contribution is 7.89. The van der Waals surface area contributed by atoms with E-state index in [1.54, 1.807) is 0 Å². The molecule has 136 valence electrons. The highest BCUT2D eigenvalue weighted by Gasteiger charge is 2.36. The molecule has 9 nitrogen and oxygen atoms in total. The number of carbonyl (C=O) groups excluding carboxylic acids is 2. The van der Waals surface area contributed by atoms with Gasteiger partial charge < -0.3 is 14.5 Å². The zero-order valence-electron chi connectivity index (χ0n) is 12.9. The van der Waals surface area contributed by atoms with Crippen molar-refractivity contribution in [3.63, 3.8) is 0 Å². The highest BCUT2D eigenvalue weighted by atomic mass is 32.2. The van der Waals surface area contributed by atoms with Gasteiger partial charge in [0, 0.05) is 11.1 Å². The van der Waals surface area contributed by atoms with Gasteiger partial charge >= 0.3 is 7.60 Å². The summed E-state index contributed by atoms with van der Waals surface area (Å²) < 4.78 is 39.5. The van der Waals surface area contributed by atoms with Crippen LogP contribution in [0, 0.1) is 0 Å². The van der Waals surface area contributed by atoms with Crippen LogP contribution >= 0.6 is 7.60 Å². The molecule has 0 radical (unpaired) electrons. The molecule has 0 unspecified atom stereocenters. The average molecular weight is 397 g/mol. The maximum atomic E-state index is 12.8. The van der Waals surface area contributed by atoms with Crippen molar-refractivity contribution < 1.29 is 37.1 Å². The first kappa shape index (κ1) is 18.4. The van der Waals surface area contributed by atoms with Gasteiger partial charge in [0.25, 0.3) is 0 Å². The standard InChI is InChI=1S/C15H12NO8PS/c16-26(22,23)11-6-2-4-9-13(11)15(18)8-3-1-5-10(12(8)14(9)17)24-7-25(19,20)21/h1-6H,7H2,(H2,16,22,23)(H2,19,20,21). The Morgan fingerprint density at radius 1 is 0.962 bits per heavy atom. The lowest BCUT2D eigenvalue weighted by Gasteiger charge is -2.21. The Bertz CT molecular complexity index is 1100. The molecule has 0 fully saturated rings. The third kappa shape index (κ3) is 3.20. The topological polar surface area (TPSA) is 161 Å². The molecule has 0 bridgehead atoms. The second-order valence-electron chi connectivity index (χ2n) is 5.50. The second-order valence-corrected chi connectivity index (χ2v) is 8.62. The van der Waals surface area contributed by atoms with Crippen molar-refractivity contribution in [3.8, 4) is 5.75 Å². The Balaban J connectivity index is 2.21. The largest absolute Gasteiger partial charge is 0.480 e. The molecule has 0 heterocycles. The maximum Gasteiger partial charge on any atom is 0.362 e. The number of carbonyl (C=O) groups is 2. The van der Waals surface area contributed by atoms with Crippen LogP contribution in [0.5, 0.6) is 5.75 Å². The van der Waals surface area contributed by atoms with E-state index >= 15 is 0 Å². The average Bonchev–Trinajstić information content (AvgIpc) is 2.55. The number of hydrogen-bond donors (Lipinski definition) is 3. The fourth-order valence-corrected chi connectivity index (χ4v) is 3.75. The van der Waals surface area contributed by atoms with Crippen molar-refractivity contribution in [1.82, 2.24) is 0 Å². The van der Waals surface area contributed by atoms with Gasteiger partial charge in [0.1, 0.15) is 5.75 Å². The minimum absolute atomic E-state index is 0.137. The summed E-state index contributed by atoms with van der Waals surface area (Å²) in [6.45, 7) is 0. The van der Waals surface area contributed by atoms with Gasteiger partial charge in [-0.2, -0.15) is 0 Å². The smallest absolute Gasteiger partial charge is 0.362 e. The molecule has 11 heteroatoms. The van der Waals surface area contributed by atoms with Gasteiger partial charge in [-0.05, 0) is 12.1 Å². The van der Waals surface area contributed by atoms with E-state index in [9.17, 15) is 22.6 Å². The van der Waals surface area contributed by atoms with Crippen LogP contribution in [0.4, 0.5) is 0 Å². The summed E-state index contributed by atoms with van der Waals surface area (Å²) in [6.07, 6.45) is -0.977. The van der Waals surface area contributed by atoms with E-state index in [4.69, 9.17) is 19.7 Å². The molecule has 0 aliphatic heterocycles. The molecular formula is C15H12NO8PS. The lowest BCUT2D eigenvalue weighted by atomic mass is 9.83. The van der Waals surface area contributed by atoms with Gasteiger partial charge in [-0.1, -0.05) is 24.3 Å². The van der Waals surface area contributed by atoms with E-state index in [0.717, 1.165) is 6.07 Å². The van der Waals surface area contributed by atoms with E-state index in [1.807, 2.05) is 0 Å². The van der Waals surface area contributed by atoms with E-state index in [1.165, 1.54) is 30.3 Å². The van der Waals surface area contributed by atoms with E-state index in [0.29, 0.717) is 0 Å². The lowest BCUT2D eigenvalue weighted by molar-refractivity contribution is 0.0973. The Hall–Kier alpha value is -2.36. The molecule has 0 saturated carbocycles. The van der Waals surface area contributed by atoms with Gasteiger partial charge in [0.05, 0.1) is 16.0 Å². The summed E-state index contributed by atoms with van der Waals surface area (Å²) >= 11 is 0. The number of hydrogen-bond acceptors (Lipinski definition) is 6. The summed E-state index contributed by atoms with van der Waals surface area (Å²) in [7, 11) is -8.76. The number of ketones is 2. The quantitative estimate of drug-likeness (QED) is 0.540. The molecular weight excluding hydrogens is 385 g/mol. The monoisotopic (exact) mass is 397 g/mol. The van der Waals surface area contributed by atoms with Crippen molar-refractivity contribution in [3.05, 3.63) is 58.7 Å². The molecule has 1 aliphatic carbocycles. The summed E-state index contributed by atoms with van der Waals surface area (Å²) in [5.41, 5.74) is -0.840. The number of ether oxygens (including phenoxy) is 1. The molecule has 26 heavy (non-hydrogen) atoms. The number of sulfonamides is 1. The number of fused-ring (bicyclic) bond motifs is 2. The van der Waals surface area contributed by atoms with Crippen molar-refractivity contribution in [2.45, 2.75) is 4.90 Å². The fourth-order valence-electron chi connectivity index (χ4n) is 2.69. The molecule has 0 spiro atoms. The molecule has 2 aromatic rings. The third-order valence-electron chi connectivity index (χ3n) is 3.69. The SMILES string of the molecule is NS(=O)(=O)c1cccc2c1C(=O)c1cccc(OCP(=O)(O)O)c1C2=O. The van der Waals surface area contributed by atoms with Gasteiger partial charge in [-0.15, -0.1) is 0 Å². The minimum atomic E-state index is -4.51. The van der Waals surface area contributed by atoms with Crippen LogP contribution in [-0.2, 0) is 14.6 Å². The van der Waals surface area contributed by atoms with Crippen LogP contribution in [0.2, 0.25) is 0 Å². The first-order chi connectivity index (χ1) is 12.0. The highest BCUT2D eigenvalue weighted by Crippen LogP contribution is 2.39. The van der Waals surface area contributed by atoms with Crippen molar-refractivity contribution in [1.29, 1.82) is 0 Å². The molecule has 0 aromatic heterocycles. The predicted molar refractivity (Wildman–Crippen MR) is 88.7 cm³/mol. The zero-order chi connectivity index (χ0) is 19.3. The van der Waals surface area contributed by atoms with Crippen LogP contribution in [-0.4, -0.2) is 36.1 Å². The van der Waals surface area contributed by atoms with Crippen molar-refractivity contribution in [2.24, 2.45) is 5.14 Å². The molecule has 1 aliphatic rings. The lowest BCUT2D eigenvalue weighted by Crippen LogP contribution is -2.26. The van der Waals surface area contributed by atoms with Gasteiger partial charge in [0.15, 0.2) is 17.9 Å².